The van der Waals surface area contributed by atoms with E-state index in [1.807, 2.05) is 74.1 Å². The van der Waals surface area contributed by atoms with Crippen molar-refractivity contribution in [2.24, 2.45) is 5.73 Å². The minimum atomic E-state index is -1.45. The van der Waals surface area contributed by atoms with Gasteiger partial charge in [-0.15, -0.1) is 11.3 Å². The predicted octanol–water partition coefficient (Wildman–Crippen LogP) is 5.62. The highest BCUT2D eigenvalue weighted by atomic mass is 32.2. The van der Waals surface area contributed by atoms with Gasteiger partial charge in [-0.2, -0.15) is 0 Å². The van der Waals surface area contributed by atoms with Crippen LogP contribution in [0.4, 0.5) is 16.5 Å². The lowest BCUT2D eigenvalue weighted by atomic mass is 10.1. The molecule has 1 amide bonds. The Morgan fingerprint density at radius 1 is 1.03 bits per heavy atom. The molecule has 0 radical (unpaired) electrons. The Hall–Kier alpha value is -3.27. The molecule has 0 fully saturated rings. The molecule has 3 aromatic carbocycles. The molecule has 0 saturated heterocycles. The number of amides is 1. The van der Waals surface area contributed by atoms with E-state index >= 15 is 0 Å². The zero-order chi connectivity index (χ0) is 25.5. The standard InChI is InChI=1S/C27H31N5O2S2/c1-32(2)24-13-7-12-22-21(24)11-8-14-25(22)36(34)31-20-10-6-9-19(17-20)23-18-35-27(29-23)30-26(33)15-4-3-5-16-28/h6-14,17-18,31H,3-5,15-16,28H2,1-2H3,(H,29,30,33). The molecular weight excluding hydrogens is 490 g/mol. The monoisotopic (exact) mass is 521 g/mol. The average molecular weight is 522 g/mol. The normalized spacial score (nSPS) is 11.9. The number of rotatable bonds is 11. The van der Waals surface area contributed by atoms with Gasteiger partial charge < -0.3 is 20.7 Å². The van der Waals surface area contributed by atoms with E-state index in [2.05, 4.69) is 26.0 Å². The van der Waals surface area contributed by atoms with Gasteiger partial charge in [-0.05, 0) is 43.7 Å². The third kappa shape index (κ3) is 6.29. The second-order valence-corrected chi connectivity index (χ2v) is 10.7. The van der Waals surface area contributed by atoms with Crippen molar-refractivity contribution in [2.75, 3.05) is 35.6 Å². The molecule has 1 heterocycles. The van der Waals surface area contributed by atoms with Gasteiger partial charge in [0.05, 0.1) is 10.6 Å². The fraction of sp³-hybridized carbons (Fsp3) is 0.259. The van der Waals surface area contributed by atoms with Crippen molar-refractivity contribution < 1.29 is 9.00 Å². The van der Waals surface area contributed by atoms with Crippen LogP contribution in [0.25, 0.3) is 22.0 Å². The molecule has 0 saturated carbocycles. The number of hydrogen-bond acceptors (Lipinski definition) is 6. The van der Waals surface area contributed by atoms with Crippen LogP contribution in [-0.2, 0) is 15.8 Å². The highest BCUT2D eigenvalue weighted by Gasteiger charge is 2.13. The summed E-state index contributed by atoms with van der Waals surface area (Å²) in [7, 11) is 2.55. The molecule has 4 N–H and O–H groups in total. The number of benzene rings is 3. The van der Waals surface area contributed by atoms with Crippen molar-refractivity contribution in [3.8, 4) is 11.3 Å². The first-order valence-electron chi connectivity index (χ1n) is 11.9. The van der Waals surface area contributed by atoms with Crippen molar-refractivity contribution >= 4 is 55.5 Å². The fourth-order valence-corrected chi connectivity index (χ4v) is 5.74. The van der Waals surface area contributed by atoms with Gasteiger partial charge in [-0.1, -0.05) is 42.8 Å². The highest BCUT2D eigenvalue weighted by molar-refractivity contribution is 7.86. The lowest BCUT2D eigenvalue weighted by Crippen LogP contribution is -2.11. The first-order chi connectivity index (χ1) is 17.5. The van der Waals surface area contributed by atoms with Crippen LogP contribution in [0.15, 0.2) is 70.9 Å². The molecule has 0 aliphatic heterocycles. The number of carbonyl (C=O) groups is 1. The second kappa shape index (κ2) is 12.1. The number of aromatic nitrogens is 1. The van der Waals surface area contributed by atoms with Gasteiger partial charge in [-0.25, -0.2) is 9.19 Å². The molecule has 1 aromatic heterocycles. The summed E-state index contributed by atoms with van der Waals surface area (Å²) in [6, 6.07) is 19.6. The first-order valence-corrected chi connectivity index (χ1v) is 13.9. The highest BCUT2D eigenvalue weighted by Crippen LogP contribution is 2.31. The minimum Gasteiger partial charge on any atom is -0.377 e. The third-order valence-corrected chi connectivity index (χ3v) is 7.70. The van der Waals surface area contributed by atoms with Crippen LogP contribution in [-0.4, -0.2) is 35.7 Å². The number of hydrogen-bond donors (Lipinski definition) is 3. The maximum Gasteiger partial charge on any atom is 0.226 e. The minimum absolute atomic E-state index is 0.0359. The molecular formula is C27H31N5O2S2. The molecule has 0 spiro atoms. The maximum absolute atomic E-state index is 13.3. The topological polar surface area (TPSA) is 100 Å². The molecule has 0 bridgehead atoms. The molecule has 9 heteroatoms. The van der Waals surface area contributed by atoms with Crippen LogP contribution in [0.2, 0.25) is 0 Å². The molecule has 4 rings (SSSR count). The summed E-state index contributed by atoms with van der Waals surface area (Å²) in [5.74, 6) is -0.0359. The summed E-state index contributed by atoms with van der Waals surface area (Å²) >= 11 is 1.39. The number of anilines is 3. The SMILES string of the molecule is CN(C)c1cccc2c(S(=O)Nc3cccc(-c4csc(NC(=O)CCCCCN)n4)c3)cccc12. The van der Waals surface area contributed by atoms with Gasteiger partial charge in [0.1, 0.15) is 0 Å². The summed E-state index contributed by atoms with van der Waals surface area (Å²) < 4.78 is 16.5. The summed E-state index contributed by atoms with van der Waals surface area (Å²) in [4.78, 5) is 19.5. The van der Waals surface area contributed by atoms with E-state index < -0.39 is 11.0 Å². The summed E-state index contributed by atoms with van der Waals surface area (Å²) in [6.45, 7) is 0.651. The van der Waals surface area contributed by atoms with Gasteiger partial charge in [-0.3, -0.25) is 4.79 Å². The van der Waals surface area contributed by atoms with Crippen LogP contribution < -0.4 is 20.7 Å². The number of unbranched alkanes of at least 4 members (excludes halogenated alkanes) is 2. The Balaban J connectivity index is 1.47. The molecule has 188 valence electrons. The van der Waals surface area contributed by atoms with Crippen molar-refractivity contribution in [1.82, 2.24) is 4.98 Å². The molecule has 0 aliphatic carbocycles. The Bertz CT molecular complexity index is 1370. The number of thiazole rings is 1. The van der Waals surface area contributed by atoms with Crippen molar-refractivity contribution in [3.63, 3.8) is 0 Å². The summed E-state index contributed by atoms with van der Waals surface area (Å²) in [5, 5.41) is 7.37. The quantitative estimate of drug-likeness (QED) is 0.222. The number of fused-ring (bicyclic) bond motifs is 1. The number of nitrogens with one attached hydrogen (secondary N) is 2. The van der Waals surface area contributed by atoms with Crippen molar-refractivity contribution in [3.05, 3.63) is 66.0 Å². The van der Waals surface area contributed by atoms with E-state index in [4.69, 9.17) is 5.73 Å². The Morgan fingerprint density at radius 3 is 2.61 bits per heavy atom. The van der Waals surface area contributed by atoms with Crippen LogP contribution in [0, 0.1) is 0 Å². The molecule has 4 aromatic rings. The zero-order valence-corrected chi connectivity index (χ0v) is 22.1. The fourth-order valence-electron chi connectivity index (χ4n) is 3.97. The Morgan fingerprint density at radius 2 is 1.81 bits per heavy atom. The van der Waals surface area contributed by atoms with Crippen LogP contribution in [0.1, 0.15) is 25.7 Å². The summed E-state index contributed by atoms with van der Waals surface area (Å²) in [6.07, 6.45) is 3.16. The third-order valence-electron chi connectivity index (χ3n) is 5.77. The van der Waals surface area contributed by atoms with E-state index in [9.17, 15) is 9.00 Å². The molecule has 0 aliphatic rings. The molecule has 7 nitrogen and oxygen atoms in total. The van der Waals surface area contributed by atoms with Gasteiger partial charge in [0.25, 0.3) is 0 Å². The molecule has 1 unspecified atom stereocenters. The molecule has 36 heavy (non-hydrogen) atoms. The number of nitrogens with zero attached hydrogens (tertiary/aromatic N) is 2. The Kier molecular flexibility index (Phi) is 8.69. The maximum atomic E-state index is 13.3. The largest absolute Gasteiger partial charge is 0.377 e. The number of nitrogens with two attached hydrogens (primary N) is 1. The molecule has 1 atom stereocenters. The lowest BCUT2D eigenvalue weighted by Gasteiger charge is -2.17. The van der Waals surface area contributed by atoms with Crippen LogP contribution in [0.5, 0.6) is 0 Å². The van der Waals surface area contributed by atoms with Gasteiger partial charge >= 0.3 is 0 Å². The predicted molar refractivity (Wildman–Crippen MR) is 152 cm³/mol. The van der Waals surface area contributed by atoms with Gasteiger partial charge in [0.2, 0.25) is 5.91 Å². The second-order valence-electron chi connectivity index (χ2n) is 8.66. The van der Waals surface area contributed by atoms with Crippen molar-refractivity contribution in [2.45, 2.75) is 30.6 Å². The summed E-state index contributed by atoms with van der Waals surface area (Å²) in [5.41, 5.74) is 8.94. The van der Waals surface area contributed by atoms with Crippen molar-refractivity contribution in [1.29, 1.82) is 0 Å². The first kappa shape index (κ1) is 25.8. The van der Waals surface area contributed by atoms with Gasteiger partial charge in [0.15, 0.2) is 16.1 Å². The van der Waals surface area contributed by atoms with Crippen LogP contribution >= 0.6 is 11.3 Å². The van der Waals surface area contributed by atoms with E-state index in [-0.39, 0.29) is 5.91 Å². The van der Waals surface area contributed by atoms with E-state index in [1.165, 1.54) is 11.3 Å². The number of carbonyl (C=O) groups excluding carboxylic acids is 1. The van der Waals surface area contributed by atoms with Gasteiger partial charge in [0, 0.05) is 53.6 Å². The zero-order valence-electron chi connectivity index (χ0n) is 20.5. The van der Waals surface area contributed by atoms with E-state index in [0.717, 1.165) is 57.6 Å². The smallest absolute Gasteiger partial charge is 0.226 e. The average Bonchev–Trinajstić information content (AvgIpc) is 3.34. The lowest BCUT2D eigenvalue weighted by molar-refractivity contribution is -0.116. The van der Waals surface area contributed by atoms with E-state index in [0.29, 0.717) is 18.1 Å². The van der Waals surface area contributed by atoms with E-state index in [1.54, 1.807) is 0 Å². The Labute approximate surface area is 218 Å². The van der Waals surface area contributed by atoms with Crippen LogP contribution in [0.3, 0.4) is 0 Å².